The Morgan fingerprint density at radius 2 is 1.86 bits per heavy atom. The van der Waals surface area contributed by atoms with Gasteiger partial charge in [0.15, 0.2) is 0 Å². The van der Waals surface area contributed by atoms with E-state index in [2.05, 4.69) is 4.98 Å². The van der Waals surface area contributed by atoms with Gasteiger partial charge in [0, 0.05) is 5.56 Å². The third-order valence-corrected chi connectivity index (χ3v) is 12.8. The average Bonchev–Trinajstić information content (AvgIpc) is 3.55. The summed E-state index contributed by atoms with van der Waals surface area (Å²) in [6, 6.07) is 3.00. The normalized spacial score (nSPS) is 21.4. The van der Waals surface area contributed by atoms with Crippen molar-refractivity contribution in [1.82, 2.24) is 18.8 Å². The topological polar surface area (TPSA) is 161 Å². The number of fused-ring (bicyclic) bond motifs is 3. The summed E-state index contributed by atoms with van der Waals surface area (Å²) in [5.74, 6) is -2.11. The molecule has 274 valence electrons. The highest BCUT2D eigenvalue weighted by Crippen LogP contribution is 2.40. The highest BCUT2D eigenvalue weighted by Gasteiger charge is 2.43. The van der Waals surface area contributed by atoms with E-state index in [0.717, 1.165) is 46.9 Å². The van der Waals surface area contributed by atoms with Crippen LogP contribution in [0.15, 0.2) is 44.7 Å². The Balaban J connectivity index is 1.41. The fraction of sp³-hybridized carbons (Fsp3) is 0.515. The largest absolute Gasteiger partial charge is 0.444 e. The van der Waals surface area contributed by atoms with Crippen LogP contribution < -0.4 is 20.7 Å². The fourth-order valence-electron chi connectivity index (χ4n) is 6.86. The van der Waals surface area contributed by atoms with Gasteiger partial charge in [0.25, 0.3) is 11.5 Å². The molecule has 4 atom stereocenters. The molecule has 0 spiro atoms. The molecule has 0 radical (unpaired) electrons. The molecule has 18 heteroatoms. The number of oxazole rings is 1. The number of rotatable bonds is 12. The first kappa shape index (κ1) is 35.4. The van der Waals surface area contributed by atoms with Crippen molar-refractivity contribution >= 4 is 37.5 Å². The Bertz CT molecular complexity index is 2200. The zero-order valence-electron chi connectivity index (χ0n) is 27.8. The minimum Gasteiger partial charge on any atom is -0.444 e. The Hall–Kier alpha value is -4.00. The first-order chi connectivity index (χ1) is 24.1. The Labute approximate surface area is 293 Å². The maximum atomic E-state index is 14.9. The third-order valence-electron chi connectivity index (χ3n) is 9.64. The highest BCUT2D eigenvalue weighted by molar-refractivity contribution is 7.90. The monoisotopic (exact) mass is 752 g/mol. The quantitative estimate of drug-likeness (QED) is 0.214. The van der Waals surface area contributed by atoms with E-state index in [1.807, 2.05) is 4.72 Å². The van der Waals surface area contributed by atoms with Gasteiger partial charge in [0.2, 0.25) is 15.9 Å². The van der Waals surface area contributed by atoms with Crippen molar-refractivity contribution in [1.29, 1.82) is 0 Å². The van der Waals surface area contributed by atoms with Crippen LogP contribution in [0.25, 0.3) is 21.0 Å². The molecule has 2 bridgehead atoms. The number of alkyl halides is 2. The third kappa shape index (κ3) is 6.73. The lowest BCUT2D eigenvalue weighted by atomic mass is 10.0. The minimum absolute atomic E-state index is 0.00452. The van der Waals surface area contributed by atoms with Crippen molar-refractivity contribution in [3.63, 3.8) is 0 Å². The van der Waals surface area contributed by atoms with Gasteiger partial charge in [-0.15, -0.1) is 11.3 Å². The smallest absolute Gasteiger partial charge is 0.387 e. The zero-order chi connectivity index (χ0) is 36.4. The molecule has 1 amide bonds. The summed E-state index contributed by atoms with van der Waals surface area (Å²) in [4.78, 5) is 47.3. The second-order valence-corrected chi connectivity index (χ2v) is 16.5. The average molecular weight is 753 g/mol. The van der Waals surface area contributed by atoms with Gasteiger partial charge in [-0.05, 0) is 83.1 Å². The first-order valence-electron chi connectivity index (χ1n) is 16.4. The van der Waals surface area contributed by atoms with Crippen molar-refractivity contribution in [3.8, 4) is 16.5 Å². The number of amides is 1. The molecule has 51 heavy (non-hydrogen) atoms. The molecular formula is C33H35F3N4O9S2. The number of carbonyl (C=O) groups excluding carboxylic acids is 1. The van der Waals surface area contributed by atoms with Gasteiger partial charge < -0.3 is 18.6 Å². The number of carbonyl (C=O) groups is 1. The van der Waals surface area contributed by atoms with E-state index < -0.39 is 69.1 Å². The molecule has 1 N–H and O–H groups in total. The fourth-order valence-corrected chi connectivity index (χ4v) is 9.54. The first-order valence-corrected chi connectivity index (χ1v) is 18.8. The molecule has 2 aliphatic heterocycles. The summed E-state index contributed by atoms with van der Waals surface area (Å²) in [5.41, 5.74) is -3.71. The van der Waals surface area contributed by atoms with Crippen molar-refractivity contribution in [2.45, 2.75) is 108 Å². The highest BCUT2D eigenvalue weighted by atomic mass is 32.2. The Morgan fingerprint density at radius 3 is 2.49 bits per heavy atom. The number of nitrogens with one attached hydrogen (secondary N) is 1. The number of aryl methyl sites for hydroxylation is 1. The standard InChI is InChI=1S/C33H35F3N4O9S2/c1-16-25-28(41)40(33(2,3)30(42)38-51(44,45)21-7-8-21)32(43)39(29(25)50-26(16)27-37-10-11-46-27)15-24(48-20-13-18-5-6-19(14-20)47-18)22-12-17(34)4-9-23(22)49-31(35)36/h4,9-12,18-21,24,31H,5-8,13-15H2,1-3H3,(H,38,42)/t18-,19+,20?,24-/m0/s1. The molecule has 3 fully saturated rings. The van der Waals surface area contributed by atoms with Crippen LogP contribution in [0.3, 0.4) is 0 Å². The summed E-state index contributed by atoms with van der Waals surface area (Å²) in [5, 5.41) is -0.755. The molecule has 13 nitrogen and oxygen atoms in total. The molecule has 1 aliphatic carbocycles. The number of halogens is 3. The number of thiophene rings is 1. The zero-order valence-corrected chi connectivity index (χ0v) is 29.4. The second-order valence-electron chi connectivity index (χ2n) is 13.6. The maximum absolute atomic E-state index is 14.9. The number of benzene rings is 1. The van der Waals surface area contributed by atoms with Crippen molar-refractivity contribution in [3.05, 3.63) is 68.4 Å². The SMILES string of the molecule is Cc1c(-c2ncco2)sc2c1c(=O)n(C(C)(C)C(=O)NS(=O)(=O)C1CC1)c(=O)n2C[C@H](OC1C[C@H]2CC[C@@H](C1)O2)c1cc(F)ccc1OC(F)F. The van der Waals surface area contributed by atoms with Gasteiger partial charge >= 0.3 is 12.3 Å². The molecule has 7 rings (SSSR count). The molecule has 1 aromatic carbocycles. The van der Waals surface area contributed by atoms with Gasteiger partial charge in [-0.1, -0.05) is 0 Å². The van der Waals surface area contributed by atoms with Crippen LogP contribution in [0.5, 0.6) is 5.75 Å². The van der Waals surface area contributed by atoms with Crippen LogP contribution in [0, 0.1) is 12.7 Å². The van der Waals surface area contributed by atoms with Crippen molar-refractivity contribution < 1.29 is 45.0 Å². The van der Waals surface area contributed by atoms with Gasteiger partial charge in [-0.2, -0.15) is 8.78 Å². The summed E-state index contributed by atoms with van der Waals surface area (Å²) in [6.45, 7) is 0.380. The van der Waals surface area contributed by atoms with Crippen LogP contribution in [-0.2, 0) is 36.4 Å². The van der Waals surface area contributed by atoms with Gasteiger partial charge in [0.1, 0.15) is 34.3 Å². The molecule has 5 heterocycles. The van der Waals surface area contributed by atoms with Crippen molar-refractivity contribution in [2.75, 3.05) is 0 Å². The molecular weight excluding hydrogens is 718 g/mol. The van der Waals surface area contributed by atoms with E-state index in [9.17, 15) is 36.0 Å². The number of hydrogen-bond donors (Lipinski definition) is 1. The Kier molecular flexibility index (Phi) is 9.16. The molecule has 2 saturated heterocycles. The summed E-state index contributed by atoms with van der Waals surface area (Å²) < 4.78 is 94.3. The van der Waals surface area contributed by atoms with Gasteiger partial charge in [0.05, 0.1) is 46.6 Å². The number of hydrogen-bond acceptors (Lipinski definition) is 11. The second kappa shape index (κ2) is 13.2. The van der Waals surface area contributed by atoms with Crippen molar-refractivity contribution in [2.24, 2.45) is 0 Å². The summed E-state index contributed by atoms with van der Waals surface area (Å²) >= 11 is 0.995. The van der Waals surface area contributed by atoms with E-state index in [1.54, 1.807) is 6.92 Å². The van der Waals surface area contributed by atoms with E-state index in [1.165, 1.54) is 26.3 Å². The van der Waals surface area contributed by atoms with E-state index in [-0.39, 0.29) is 39.6 Å². The molecule has 3 aliphatic rings. The number of sulfonamides is 1. The van der Waals surface area contributed by atoms with Gasteiger partial charge in [-0.25, -0.2) is 27.2 Å². The lowest BCUT2D eigenvalue weighted by molar-refractivity contribution is -0.126. The van der Waals surface area contributed by atoms with Gasteiger partial charge in [-0.3, -0.25) is 18.9 Å². The molecule has 3 aromatic heterocycles. The summed E-state index contributed by atoms with van der Waals surface area (Å²) in [7, 11) is -4.07. The van der Waals surface area contributed by atoms with Crippen LogP contribution in [0.1, 0.15) is 69.6 Å². The van der Waals surface area contributed by atoms with E-state index in [0.29, 0.717) is 40.7 Å². The molecule has 4 aromatic rings. The predicted octanol–water partition coefficient (Wildman–Crippen LogP) is 4.74. The van der Waals surface area contributed by atoms with E-state index in [4.69, 9.17) is 18.6 Å². The summed E-state index contributed by atoms with van der Waals surface area (Å²) in [6.07, 6.45) is 4.08. The van der Waals surface area contributed by atoms with Crippen LogP contribution >= 0.6 is 11.3 Å². The Morgan fingerprint density at radius 1 is 1.16 bits per heavy atom. The van der Waals surface area contributed by atoms with Crippen LogP contribution in [-0.4, -0.2) is 58.6 Å². The number of nitrogens with zero attached hydrogens (tertiary/aromatic N) is 3. The van der Waals surface area contributed by atoms with E-state index >= 15 is 0 Å². The van der Waals surface area contributed by atoms with Crippen LogP contribution in [0.4, 0.5) is 13.2 Å². The lowest BCUT2D eigenvalue weighted by Crippen LogP contribution is -2.57. The lowest BCUT2D eigenvalue weighted by Gasteiger charge is -2.33. The number of aromatic nitrogens is 3. The molecule has 1 unspecified atom stereocenters. The minimum atomic E-state index is -4.07. The maximum Gasteiger partial charge on any atom is 0.387 e. The predicted molar refractivity (Wildman–Crippen MR) is 178 cm³/mol. The molecule has 1 saturated carbocycles. The van der Waals surface area contributed by atoms with Crippen LogP contribution in [0.2, 0.25) is 0 Å². The number of ether oxygens (including phenoxy) is 3.